The van der Waals surface area contributed by atoms with Crippen molar-refractivity contribution in [3.8, 4) is 5.75 Å². The maximum Gasteiger partial charge on any atom is 0.261 e. The number of carbonyl (C=O) groups is 1. The van der Waals surface area contributed by atoms with E-state index in [1.165, 1.54) is 11.3 Å². The molecular weight excluding hydrogens is 278 g/mol. The lowest BCUT2D eigenvalue weighted by atomic mass is 10.0. The van der Waals surface area contributed by atoms with Crippen molar-refractivity contribution < 1.29 is 9.53 Å². The number of thiophene rings is 1. The summed E-state index contributed by atoms with van der Waals surface area (Å²) in [5.74, 6) is 0.812. The zero-order chi connectivity index (χ0) is 13.2. The molecule has 0 radical (unpaired) electrons. The number of hydrogen-bond donors (Lipinski definition) is 2. The quantitative estimate of drug-likeness (QED) is 0.833. The summed E-state index contributed by atoms with van der Waals surface area (Å²) < 4.78 is 5.58. The first-order chi connectivity index (χ1) is 9.24. The summed E-state index contributed by atoms with van der Waals surface area (Å²) in [6, 6.07) is 9.64. The number of amides is 1. The normalized spacial score (nSPS) is 17.4. The smallest absolute Gasteiger partial charge is 0.261 e. The fourth-order valence-corrected chi connectivity index (χ4v) is 3.22. The van der Waals surface area contributed by atoms with E-state index in [9.17, 15) is 4.79 Å². The number of nitrogens with one attached hydrogen (secondary N) is 1. The first-order valence-corrected chi connectivity index (χ1v) is 7.37. The van der Waals surface area contributed by atoms with Crippen LogP contribution in [0.25, 0.3) is 0 Å². The minimum Gasteiger partial charge on any atom is -0.493 e. The molecule has 1 atom stereocenters. The Kier molecular flexibility index (Phi) is 3.48. The van der Waals surface area contributed by atoms with Crippen molar-refractivity contribution in [2.24, 2.45) is 0 Å². The molecule has 5 heteroatoms. The largest absolute Gasteiger partial charge is 0.493 e. The summed E-state index contributed by atoms with van der Waals surface area (Å²) in [4.78, 5) is 13.7. The number of rotatable bonds is 2. The molecule has 3 rings (SSSR count). The average molecular weight is 291 g/mol. The van der Waals surface area contributed by atoms with Crippen LogP contribution >= 0.6 is 24.0 Å². The Morgan fingerprint density at radius 1 is 1.42 bits per heavy atom. The predicted octanol–water partition coefficient (Wildman–Crippen LogP) is 3.29. The predicted molar refractivity (Wildman–Crippen MR) is 78.3 cm³/mol. The minimum absolute atomic E-state index is 0.0166. The highest BCUT2D eigenvalue weighted by molar-refractivity contribution is 7.80. The van der Waals surface area contributed by atoms with Crippen molar-refractivity contribution in [3.05, 3.63) is 46.2 Å². The van der Waals surface area contributed by atoms with Gasteiger partial charge in [-0.1, -0.05) is 18.2 Å². The van der Waals surface area contributed by atoms with Crippen LogP contribution in [0.3, 0.4) is 0 Å². The van der Waals surface area contributed by atoms with Crippen molar-refractivity contribution in [1.82, 2.24) is 5.32 Å². The number of thiol groups is 1. The Morgan fingerprint density at radius 3 is 3.05 bits per heavy atom. The van der Waals surface area contributed by atoms with Crippen molar-refractivity contribution >= 4 is 29.9 Å². The number of fused-ring (bicyclic) bond motifs is 1. The highest BCUT2D eigenvalue weighted by Crippen LogP contribution is 2.32. The molecule has 1 amide bonds. The van der Waals surface area contributed by atoms with Crippen molar-refractivity contribution in [3.63, 3.8) is 0 Å². The van der Waals surface area contributed by atoms with Gasteiger partial charge in [-0.15, -0.1) is 24.0 Å². The SMILES string of the molecule is O=C(NC1CCOc2ccccc21)c1cc(S)cs1. The molecule has 2 heterocycles. The van der Waals surface area contributed by atoms with E-state index in [2.05, 4.69) is 17.9 Å². The Hall–Kier alpha value is -1.46. The molecule has 19 heavy (non-hydrogen) atoms. The summed E-state index contributed by atoms with van der Waals surface area (Å²) in [5.41, 5.74) is 1.05. The van der Waals surface area contributed by atoms with Crippen LogP contribution in [-0.4, -0.2) is 12.5 Å². The van der Waals surface area contributed by atoms with Gasteiger partial charge in [0.1, 0.15) is 5.75 Å². The maximum atomic E-state index is 12.2. The van der Waals surface area contributed by atoms with E-state index in [1.54, 1.807) is 6.07 Å². The maximum absolute atomic E-state index is 12.2. The van der Waals surface area contributed by atoms with Gasteiger partial charge in [0.15, 0.2) is 0 Å². The summed E-state index contributed by atoms with van der Waals surface area (Å²) in [6.45, 7) is 0.629. The van der Waals surface area contributed by atoms with Crippen LogP contribution in [0, 0.1) is 0 Å². The summed E-state index contributed by atoms with van der Waals surface area (Å²) in [7, 11) is 0. The van der Waals surface area contributed by atoms with Gasteiger partial charge >= 0.3 is 0 Å². The van der Waals surface area contributed by atoms with Crippen LogP contribution < -0.4 is 10.1 Å². The Morgan fingerprint density at radius 2 is 2.26 bits per heavy atom. The first kappa shape index (κ1) is 12.6. The average Bonchev–Trinajstić information content (AvgIpc) is 2.86. The Bertz CT molecular complexity index is 609. The van der Waals surface area contributed by atoms with E-state index in [0.29, 0.717) is 11.5 Å². The third-order valence-corrected chi connectivity index (χ3v) is 4.44. The van der Waals surface area contributed by atoms with Gasteiger partial charge in [-0.05, 0) is 12.1 Å². The fraction of sp³-hybridized carbons (Fsp3) is 0.214. The molecule has 0 saturated carbocycles. The van der Waals surface area contributed by atoms with Crippen LogP contribution in [0.2, 0.25) is 0 Å². The van der Waals surface area contributed by atoms with Gasteiger partial charge in [0, 0.05) is 22.3 Å². The molecule has 1 aromatic heterocycles. The van der Waals surface area contributed by atoms with Gasteiger partial charge in [-0.2, -0.15) is 0 Å². The van der Waals surface area contributed by atoms with Crippen molar-refractivity contribution in [1.29, 1.82) is 0 Å². The third kappa shape index (κ3) is 2.62. The second-order valence-corrected chi connectivity index (χ2v) is 5.80. The highest BCUT2D eigenvalue weighted by Gasteiger charge is 2.23. The van der Waals surface area contributed by atoms with Gasteiger partial charge in [-0.3, -0.25) is 4.79 Å². The topological polar surface area (TPSA) is 38.3 Å². The monoisotopic (exact) mass is 291 g/mol. The molecule has 0 fully saturated rings. The summed E-state index contributed by atoms with van der Waals surface area (Å²) in [6.07, 6.45) is 0.794. The molecule has 0 aliphatic carbocycles. The van der Waals surface area contributed by atoms with E-state index >= 15 is 0 Å². The standard InChI is InChI=1S/C14H13NO2S2/c16-14(13-7-9(18)8-19-13)15-11-5-6-17-12-4-2-1-3-10(11)12/h1-4,7-8,11,18H,5-6H2,(H,15,16). The lowest BCUT2D eigenvalue weighted by Crippen LogP contribution is -2.31. The molecule has 0 bridgehead atoms. The van der Waals surface area contributed by atoms with Crippen LogP contribution in [0.4, 0.5) is 0 Å². The number of ether oxygens (including phenoxy) is 1. The molecule has 1 aliphatic heterocycles. The van der Waals surface area contributed by atoms with Crippen LogP contribution in [0.1, 0.15) is 27.7 Å². The van der Waals surface area contributed by atoms with E-state index in [0.717, 1.165) is 22.6 Å². The van der Waals surface area contributed by atoms with Gasteiger partial charge < -0.3 is 10.1 Å². The molecule has 98 valence electrons. The molecule has 3 nitrogen and oxygen atoms in total. The minimum atomic E-state index is -0.0491. The van der Waals surface area contributed by atoms with Crippen LogP contribution in [0.5, 0.6) is 5.75 Å². The van der Waals surface area contributed by atoms with E-state index < -0.39 is 0 Å². The van der Waals surface area contributed by atoms with Crippen LogP contribution in [0.15, 0.2) is 40.6 Å². The lowest BCUT2D eigenvalue weighted by Gasteiger charge is -2.26. The van der Waals surface area contributed by atoms with Gasteiger partial charge in [-0.25, -0.2) is 0 Å². The van der Waals surface area contributed by atoms with Gasteiger partial charge in [0.2, 0.25) is 0 Å². The third-order valence-electron chi connectivity index (χ3n) is 3.07. The van der Waals surface area contributed by atoms with E-state index in [-0.39, 0.29) is 11.9 Å². The zero-order valence-electron chi connectivity index (χ0n) is 10.1. The van der Waals surface area contributed by atoms with Gasteiger partial charge in [0.05, 0.1) is 17.5 Å². The second-order valence-electron chi connectivity index (χ2n) is 4.37. The molecule has 0 saturated heterocycles. The van der Waals surface area contributed by atoms with Crippen LogP contribution in [-0.2, 0) is 0 Å². The Labute approximate surface area is 121 Å². The summed E-state index contributed by atoms with van der Waals surface area (Å²) >= 11 is 5.63. The molecule has 1 N–H and O–H groups in total. The number of hydrogen-bond acceptors (Lipinski definition) is 4. The first-order valence-electron chi connectivity index (χ1n) is 6.04. The number of para-hydroxylation sites is 1. The Balaban J connectivity index is 1.79. The fourth-order valence-electron chi connectivity index (χ4n) is 2.17. The van der Waals surface area contributed by atoms with Crippen molar-refractivity contribution in [2.45, 2.75) is 17.4 Å². The lowest BCUT2D eigenvalue weighted by molar-refractivity contribution is 0.0929. The molecule has 2 aromatic rings. The van der Waals surface area contributed by atoms with E-state index in [4.69, 9.17) is 4.74 Å². The second kappa shape index (κ2) is 5.27. The summed E-state index contributed by atoms with van der Waals surface area (Å²) in [5, 5.41) is 4.92. The zero-order valence-corrected chi connectivity index (χ0v) is 11.8. The van der Waals surface area contributed by atoms with Crippen molar-refractivity contribution in [2.75, 3.05) is 6.61 Å². The molecule has 0 spiro atoms. The van der Waals surface area contributed by atoms with Gasteiger partial charge in [0.25, 0.3) is 5.91 Å². The molecule has 1 aromatic carbocycles. The van der Waals surface area contributed by atoms with E-state index in [1.807, 2.05) is 29.6 Å². The number of carbonyl (C=O) groups excluding carboxylic acids is 1. The highest BCUT2D eigenvalue weighted by atomic mass is 32.1. The molecule has 1 aliphatic rings. The molecular formula is C14H13NO2S2. The number of benzene rings is 1. The molecule has 1 unspecified atom stereocenters.